The van der Waals surface area contributed by atoms with Crippen molar-refractivity contribution in [1.29, 1.82) is 0 Å². The maximum absolute atomic E-state index is 11.9. The van der Waals surface area contributed by atoms with E-state index in [1.165, 1.54) is 4.90 Å². The second-order valence-corrected chi connectivity index (χ2v) is 4.68. The Kier molecular flexibility index (Phi) is 5.30. The summed E-state index contributed by atoms with van der Waals surface area (Å²) in [6.07, 6.45) is 0.242. The number of carboxylic acid groups (broad SMARTS) is 1. The van der Waals surface area contributed by atoms with Gasteiger partial charge in [0.05, 0.1) is 5.92 Å². The molecule has 9 heteroatoms. The number of carbonyl (C=O) groups is 4. The highest BCUT2D eigenvalue weighted by Gasteiger charge is 2.31. The number of carboxylic acids is 1. The number of nitrogens with one attached hydrogen (secondary N) is 1. The summed E-state index contributed by atoms with van der Waals surface area (Å²) in [5.74, 6) is -2.77. The molecular formula is C11H18N4O5. The molecule has 1 aliphatic rings. The van der Waals surface area contributed by atoms with E-state index < -0.39 is 35.8 Å². The number of nitrogens with two attached hydrogens (primary N) is 2. The Balaban J connectivity index is 2.52. The third-order valence-electron chi connectivity index (χ3n) is 3.15. The lowest BCUT2D eigenvalue weighted by Crippen LogP contribution is -2.47. The van der Waals surface area contributed by atoms with Gasteiger partial charge in [0, 0.05) is 19.5 Å². The summed E-state index contributed by atoms with van der Waals surface area (Å²) < 4.78 is 0. The summed E-state index contributed by atoms with van der Waals surface area (Å²) in [7, 11) is 0. The average Bonchev–Trinajstić information content (AvgIpc) is 2.83. The van der Waals surface area contributed by atoms with E-state index in [0.717, 1.165) is 0 Å². The number of likely N-dealkylation sites (tertiary alicyclic amines) is 1. The molecule has 0 radical (unpaired) electrons. The van der Waals surface area contributed by atoms with Gasteiger partial charge in [0.1, 0.15) is 6.04 Å². The van der Waals surface area contributed by atoms with Gasteiger partial charge in [-0.25, -0.2) is 9.59 Å². The highest BCUT2D eigenvalue weighted by molar-refractivity contribution is 5.84. The first-order chi connectivity index (χ1) is 9.31. The van der Waals surface area contributed by atoms with Crippen molar-refractivity contribution in [1.82, 2.24) is 10.2 Å². The number of carbonyl (C=O) groups excluding carboxylic acids is 3. The lowest BCUT2D eigenvalue weighted by Gasteiger charge is -2.20. The summed E-state index contributed by atoms with van der Waals surface area (Å²) in [6, 6.07) is -1.78. The van der Waals surface area contributed by atoms with Crippen molar-refractivity contribution >= 4 is 23.8 Å². The third kappa shape index (κ3) is 4.41. The zero-order valence-corrected chi connectivity index (χ0v) is 10.9. The van der Waals surface area contributed by atoms with Crippen LogP contribution in [-0.2, 0) is 14.4 Å². The average molecular weight is 286 g/mol. The number of urea groups is 1. The molecule has 1 rings (SSSR count). The van der Waals surface area contributed by atoms with E-state index in [0.29, 0.717) is 13.0 Å². The van der Waals surface area contributed by atoms with Crippen molar-refractivity contribution in [3.63, 3.8) is 0 Å². The maximum atomic E-state index is 11.9. The molecule has 0 aromatic rings. The second-order valence-electron chi connectivity index (χ2n) is 4.68. The van der Waals surface area contributed by atoms with Crippen LogP contribution < -0.4 is 16.8 Å². The van der Waals surface area contributed by atoms with Crippen molar-refractivity contribution in [3.8, 4) is 0 Å². The smallest absolute Gasteiger partial charge is 0.326 e. The Labute approximate surface area is 115 Å². The number of nitrogens with zero attached hydrogens (tertiary/aromatic N) is 1. The minimum absolute atomic E-state index is 0.0799. The van der Waals surface area contributed by atoms with Gasteiger partial charge in [0.25, 0.3) is 0 Å². The van der Waals surface area contributed by atoms with E-state index in [1.54, 1.807) is 0 Å². The van der Waals surface area contributed by atoms with Crippen LogP contribution in [0.5, 0.6) is 0 Å². The number of hydrogen-bond acceptors (Lipinski definition) is 4. The van der Waals surface area contributed by atoms with Crippen molar-refractivity contribution < 1.29 is 24.3 Å². The lowest BCUT2D eigenvalue weighted by atomic mass is 10.1. The predicted octanol–water partition coefficient (Wildman–Crippen LogP) is -1.78. The standard InChI is InChI=1S/C11H18N4O5/c12-8(16)2-1-7(10(18)19)14-11(20)15-4-3-6(5-15)9(13)17/h6-7H,1-5H2,(H2,12,16)(H2,13,17)(H,14,20)(H,18,19)/t6?,7-/m1/s1. The summed E-state index contributed by atoms with van der Waals surface area (Å²) in [5, 5.41) is 11.3. The fourth-order valence-electron chi connectivity index (χ4n) is 1.96. The van der Waals surface area contributed by atoms with Gasteiger partial charge < -0.3 is 26.8 Å². The van der Waals surface area contributed by atoms with Crippen molar-refractivity contribution in [3.05, 3.63) is 0 Å². The fourth-order valence-corrected chi connectivity index (χ4v) is 1.96. The predicted molar refractivity (Wildman–Crippen MR) is 67.3 cm³/mol. The van der Waals surface area contributed by atoms with Crippen LogP contribution in [0.2, 0.25) is 0 Å². The molecule has 112 valence electrons. The Morgan fingerprint density at radius 2 is 1.95 bits per heavy atom. The summed E-state index contributed by atoms with van der Waals surface area (Å²) in [6.45, 7) is 0.505. The molecule has 0 aromatic heterocycles. The van der Waals surface area contributed by atoms with E-state index in [9.17, 15) is 19.2 Å². The Hall–Kier alpha value is -2.32. The largest absolute Gasteiger partial charge is 0.480 e. The molecule has 0 spiro atoms. The topological polar surface area (TPSA) is 156 Å². The third-order valence-corrected chi connectivity index (χ3v) is 3.15. The first-order valence-electron chi connectivity index (χ1n) is 6.17. The van der Waals surface area contributed by atoms with Crippen LogP contribution in [0.25, 0.3) is 0 Å². The molecule has 1 heterocycles. The van der Waals surface area contributed by atoms with Crippen LogP contribution in [0.4, 0.5) is 4.79 Å². The van der Waals surface area contributed by atoms with Gasteiger partial charge in [-0.3, -0.25) is 9.59 Å². The maximum Gasteiger partial charge on any atom is 0.326 e. The molecule has 6 N–H and O–H groups in total. The summed E-state index contributed by atoms with van der Waals surface area (Å²) in [4.78, 5) is 45.8. The zero-order chi connectivity index (χ0) is 15.3. The summed E-state index contributed by atoms with van der Waals surface area (Å²) >= 11 is 0. The second kappa shape index (κ2) is 6.73. The monoisotopic (exact) mass is 286 g/mol. The number of primary amides is 2. The normalized spacial score (nSPS) is 19.4. The quantitative estimate of drug-likeness (QED) is 0.454. The van der Waals surface area contributed by atoms with Crippen molar-refractivity contribution in [2.24, 2.45) is 17.4 Å². The minimum atomic E-state index is -1.25. The molecule has 1 saturated heterocycles. The van der Waals surface area contributed by atoms with E-state index in [1.807, 2.05) is 0 Å². The van der Waals surface area contributed by atoms with Crippen LogP contribution in [0.3, 0.4) is 0 Å². The molecule has 0 saturated carbocycles. The van der Waals surface area contributed by atoms with Crippen LogP contribution >= 0.6 is 0 Å². The molecule has 2 atom stereocenters. The lowest BCUT2D eigenvalue weighted by molar-refractivity contribution is -0.139. The Bertz CT molecular complexity index is 425. The first-order valence-corrected chi connectivity index (χ1v) is 6.17. The molecule has 9 nitrogen and oxygen atoms in total. The highest BCUT2D eigenvalue weighted by Crippen LogP contribution is 2.15. The number of hydrogen-bond donors (Lipinski definition) is 4. The fraction of sp³-hybridized carbons (Fsp3) is 0.636. The van der Waals surface area contributed by atoms with Gasteiger partial charge in [-0.2, -0.15) is 0 Å². The minimum Gasteiger partial charge on any atom is -0.480 e. The molecule has 0 aromatic carbocycles. The zero-order valence-electron chi connectivity index (χ0n) is 10.9. The number of amides is 4. The van der Waals surface area contributed by atoms with Crippen LogP contribution in [0.15, 0.2) is 0 Å². The number of aliphatic carboxylic acids is 1. The van der Waals surface area contributed by atoms with Gasteiger partial charge in [0.15, 0.2) is 0 Å². The molecule has 1 unspecified atom stereocenters. The van der Waals surface area contributed by atoms with Gasteiger partial charge in [-0.15, -0.1) is 0 Å². The SMILES string of the molecule is NC(=O)CC[C@@H](NC(=O)N1CCC(C(N)=O)C1)C(=O)O. The van der Waals surface area contributed by atoms with Gasteiger partial charge in [0.2, 0.25) is 11.8 Å². The van der Waals surface area contributed by atoms with E-state index >= 15 is 0 Å². The molecule has 0 aliphatic carbocycles. The van der Waals surface area contributed by atoms with Crippen LogP contribution in [0.1, 0.15) is 19.3 Å². The number of rotatable bonds is 6. The Morgan fingerprint density at radius 1 is 1.30 bits per heavy atom. The van der Waals surface area contributed by atoms with Crippen molar-refractivity contribution in [2.75, 3.05) is 13.1 Å². The Morgan fingerprint density at radius 3 is 2.40 bits per heavy atom. The highest BCUT2D eigenvalue weighted by atomic mass is 16.4. The first kappa shape index (κ1) is 15.7. The van der Waals surface area contributed by atoms with Gasteiger partial charge in [-0.1, -0.05) is 0 Å². The molecule has 4 amide bonds. The van der Waals surface area contributed by atoms with Crippen LogP contribution in [0, 0.1) is 5.92 Å². The van der Waals surface area contributed by atoms with Gasteiger partial charge >= 0.3 is 12.0 Å². The summed E-state index contributed by atoms with van der Waals surface area (Å²) in [5.41, 5.74) is 10.1. The van der Waals surface area contributed by atoms with E-state index in [2.05, 4.69) is 5.32 Å². The van der Waals surface area contributed by atoms with E-state index in [-0.39, 0.29) is 19.4 Å². The van der Waals surface area contributed by atoms with Crippen LogP contribution in [-0.4, -0.2) is 53.0 Å². The molecule has 20 heavy (non-hydrogen) atoms. The van der Waals surface area contributed by atoms with Gasteiger partial charge in [-0.05, 0) is 12.8 Å². The van der Waals surface area contributed by atoms with E-state index in [4.69, 9.17) is 16.6 Å². The molecular weight excluding hydrogens is 268 g/mol. The molecule has 1 fully saturated rings. The van der Waals surface area contributed by atoms with Crippen molar-refractivity contribution in [2.45, 2.75) is 25.3 Å². The molecule has 1 aliphatic heterocycles. The molecule has 0 bridgehead atoms.